The predicted molar refractivity (Wildman–Crippen MR) is 181 cm³/mol. The second kappa shape index (κ2) is 14.1. The maximum Gasteiger partial charge on any atom is 0.213 e. The quantitative estimate of drug-likeness (QED) is 0.186. The van der Waals surface area contributed by atoms with E-state index in [0.29, 0.717) is 5.69 Å². The molecule has 0 saturated heterocycles. The Bertz CT molecular complexity index is 2270. The van der Waals surface area contributed by atoms with Crippen LogP contribution in [0.25, 0.3) is 44.9 Å². The van der Waals surface area contributed by atoms with Crippen LogP contribution >= 0.6 is 0 Å². The van der Waals surface area contributed by atoms with E-state index in [2.05, 4.69) is 49.6 Å². The van der Waals surface area contributed by atoms with E-state index in [1.807, 2.05) is 92.6 Å². The molecule has 0 aliphatic carbocycles. The maximum atomic E-state index is 8.31. The summed E-state index contributed by atoms with van der Waals surface area (Å²) < 4.78 is 73.6. The first-order valence-corrected chi connectivity index (χ1v) is 14.5. The summed E-state index contributed by atoms with van der Waals surface area (Å²) in [5.41, 5.74) is 9.50. The third kappa shape index (κ3) is 7.71. The van der Waals surface area contributed by atoms with Crippen LogP contribution in [0, 0.1) is 26.6 Å². The molecule has 0 spiro atoms. The van der Waals surface area contributed by atoms with Gasteiger partial charge in [-0.1, -0.05) is 50.2 Å². The van der Waals surface area contributed by atoms with Crippen molar-refractivity contribution in [3.05, 3.63) is 133 Å². The molecule has 1 unspecified atom stereocenters. The van der Waals surface area contributed by atoms with Gasteiger partial charge in [-0.2, -0.15) is 0 Å². The van der Waals surface area contributed by atoms with E-state index in [-0.39, 0.29) is 11.6 Å². The van der Waals surface area contributed by atoms with E-state index >= 15 is 0 Å². The van der Waals surface area contributed by atoms with E-state index in [1.165, 1.54) is 11.8 Å². The largest absolute Gasteiger partial charge is 0.241 e. The van der Waals surface area contributed by atoms with Gasteiger partial charge in [0.15, 0.2) is 12.4 Å². The van der Waals surface area contributed by atoms with Crippen LogP contribution in [0.2, 0.25) is 0 Å². The van der Waals surface area contributed by atoms with E-state index in [9.17, 15) is 0 Å². The molecule has 0 fully saturated rings. The van der Waals surface area contributed by atoms with Crippen molar-refractivity contribution in [2.24, 2.45) is 20.0 Å². The minimum Gasteiger partial charge on any atom is -0.241 e. The van der Waals surface area contributed by atoms with Crippen LogP contribution in [0.5, 0.6) is 0 Å². The highest BCUT2D eigenvalue weighted by Gasteiger charge is 2.16. The van der Waals surface area contributed by atoms with Crippen LogP contribution in [0.15, 0.2) is 110 Å². The first-order valence-electron chi connectivity index (χ1n) is 19.0. The number of hydrogen-bond acceptors (Lipinski definition) is 4. The third-order valence-corrected chi connectivity index (χ3v) is 7.38. The van der Waals surface area contributed by atoms with Gasteiger partial charge in [0.2, 0.25) is 11.4 Å². The molecule has 45 heavy (non-hydrogen) atoms. The molecule has 0 amide bonds. The zero-order chi connectivity index (χ0) is 39.6. The molecule has 226 valence electrons. The van der Waals surface area contributed by atoms with Crippen LogP contribution in [0.3, 0.4) is 0 Å². The summed E-state index contributed by atoms with van der Waals surface area (Å²) in [6, 6.07) is 25.7. The molecule has 4 aromatic heterocycles. The van der Waals surface area contributed by atoms with E-state index < -0.39 is 26.0 Å². The Morgan fingerprint density at radius 3 is 1.91 bits per heavy atom. The Hall–Kier alpha value is -5.10. The number of rotatable bonds is 6. The fourth-order valence-corrected chi connectivity index (χ4v) is 4.96. The molecule has 6 rings (SSSR count). The molecule has 0 aliphatic rings. The lowest BCUT2D eigenvalue weighted by Crippen LogP contribution is -2.30. The zero-order valence-corrected chi connectivity index (χ0v) is 26.1. The molecule has 4 heterocycles. The Morgan fingerprint density at radius 2 is 1.33 bits per heavy atom. The summed E-state index contributed by atoms with van der Waals surface area (Å²) in [5, 5.41) is 0. The first-order chi connectivity index (χ1) is 25.2. The van der Waals surface area contributed by atoms with Gasteiger partial charge in [0, 0.05) is 83.8 Å². The molecule has 0 aliphatic heterocycles. The Kier molecular flexibility index (Phi) is 6.77. The normalized spacial score (nSPS) is 16.0. The van der Waals surface area contributed by atoms with Crippen LogP contribution in [0.1, 0.15) is 48.9 Å². The van der Waals surface area contributed by atoms with Gasteiger partial charge in [-0.15, -0.1) is 0 Å². The molecule has 1 atom stereocenters. The fraction of sp³-hybridized carbons (Fsp3) is 0.231. The SMILES string of the molecule is [2H]C([2H])([2H])C([2H])(C)C([2H])([2H])c1nccc(-c2cc[n+](C)c(-c3ccccc3C)c2)n1.[2H]C([2H])([2H])c1ncc(-c2cc[n+](C)c(-c3ccccc3C)c2)cn1. The van der Waals surface area contributed by atoms with Crippen molar-refractivity contribution < 1.29 is 21.5 Å². The topological polar surface area (TPSA) is 59.3 Å². The van der Waals surface area contributed by atoms with E-state index in [1.54, 1.807) is 18.5 Å². The average molecular weight is 604 g/mol. The number of nitrogens with zero attached hydrogens (tertiary/aromatic N) is 6. The molecule has 0 bridgehead atoms. The molecule has 0 N–H and O–H groups in total. The van der Waals surface area contributed by atoms with Crippen molar-refractivity contribution in [3.8, 4) is 44.9 Å². The lowest BCUT2D eigenvalue weighted by atomic mass is 10.0. The molecule has 2 aromatic carbocycles. The van der Waals surface area contributed by atoms with Gasteiger partial charge in [0.05, 0.1) is 5.69 Å². The summed E-state index contributed by atoms with van der Waals surface area (Å²) in [7, 11) is 3.94. The highest BCUT2D eigenvalue weighted by molar-refractivity contribution is 5.70. The molecule has 0 radical (unpaired) electrons. The minimum absolute atomic E-state index is 0.133. The van der Waals surface area contributed by atoms with Gasteiger partial charge in [-0.3, -0.25) is 0 Å². The van der Waals surface area contributed by atoms with Crippen molar-refractivity contribution in [2.75, 3.05) is 0 Å². The number of benzene rings is 2. The van der Waals surface area contributed by atoms with Crippen LogP contribution < -0.4 is 9.13 Å². The average Bonchev–Trinajstić information content (AvgIpc) is 3.12. The summed E-state index contributed by atoms with van der Waals surface area (Å²) in [6.45, 7) is 0.0383. The van der Waals surface area contributed by atoms with Crippen molar-refractivity contribution in [2.45, 2.75) is 40.8 Å². The van der Waals surface area contributed by atoms with Crippen LogP contribution in [0.4, 0.5) is 0 Å². The van der Waals surface area contributed by atoms with Gasteiger partial charge in [-0.25, -0.2) is 29.1 Å². The zero-order valence-electron chi connectivity index (χ0n) is 35.1. The van der Waals surface area contributed by atoms with Crippen LogP contribution in [-0.4, -0.2) is 19.9 Å². The van der Waals surface area contributed by atoms with Gasteiger partial charge in [0.25, 0.3) is 0 Å². The number of aromatic nitrogens is 6. The summed E-state index contributed by atoms with van der Waals surface area (Å²) in [5.74, 6) is -2.86. The fourth-order valence-electron chi connectivity index (χ4n) is 4.96. The lowest BCUT2D eigenvalue weighted by molar-refractivity contribution is -0.660. The van der Waals surface area contributed by atoms with Crippen molar-refractivity contribution in [1.29, 1.82) is 0 Å². The molecule has 0 saturated carbocycles. The maximum absolute atomic E-state index is 8.31. The number of aryl methyl sites for hydroxylation is 5. The van der Waals surface area contributed by atoms with E-state index in [0.717, 1.165) is 51.7 Å². The van der Waals surface area contributed by atoms with Gasteiger partial charge >= 0.3 is 0 Å². The van der Waals surface area contributed by atoms with Crippen molar-refractivity contribution in [3.63, 3.8) is 0 Å². The summed E-state index contributed by atoms with van der Waals surface area (Å²) >= 11 is 0. The standard InChI is InChI=1S/C21H24N3.C18H18N3/c1-15(2)13-21-22-11-9-19(23-21)17-10-12-24(4)20(14-17)18-8-6-5-7-16(18)3;1-13-6-4-5-7-17(13)18-10-15(8-9-21(18)3)16-11-19-14(2)20-12-16/h5-12,14-15H,13H2,1-4H3;4-12H,1-3H3/q2*+1/i1D3,13D2,15D;2D3. The molecule has 6 heteroatoms. The monoisotopic (exact) mass is 603 g/mol. The van der Waals surface area contributed by atoms with Gasteiger partial charge < -0.3 is 0 Å². The lowest BCUT2D eigenvalue weighted by Gasteiger charge is -2.08. The van der Waals surface area contributed by atoms with E-state index in [4.69, 9.17) is 12.3 Å². The molecule has 6 nitrogen and oxygen atoms in total. The van der Waals surface area contributed by atoms with Crippen LogP contribution in [-0.2, 0) is 20.5 Å². The Morgan fingerprint density at radius 1 is 0.756 bits per heavy atom. The summed E-state index contributed by atoms with van der Waals surface area (Å²) in [4.78, 5) is 16.3. The molecular weight excluding hydrogens is 552 g/mol. The number of pyridine rings is 2. The van der Waals surface area contributed by atoms with Gasteiger partial charge in [-0.05, 0) is 61.5 Å². The predicted octanol–water partition coefficient (Wildman–Crippen LogP) is 7.39. The second-order valence-corrected chi connectivity index (χ2v) is 10.8. The Balaban J connectivity index is 0.000000213. The highest BCUT2D eigenvalue weighted by Crippen LogP contribution is 2.26. The smallest absolute Gasteiger partial charge is 0.213 e. The molecular formula is C39H42N6+2. The summed E-state index contributed by atoms with van der Waals surface area (Å²) in [6.07, 6.45) is 5.81. The molecule has 6 aromatic rings. The highest BCUT2D eigenvalue weighted by atomic mass is 14.9. The number of hydrogen-bond donors (Lipinski definition) is 0. The van der Waals surface area contributed by atoms with Crippen molar-refractivity contribution in [1.82, 2.24) is 19.9 Å². The van der Waals surface area contributed by atoms with Gasteiger partial charge in [0.1, 0.15) is 25.7 Å². The Labute approximate surface area is 279 Å². The third-order valence-electron chi connectivity index (χ3n) is 7.38. The van der Waals surface area contributed by atoms with Crippen molar-refractivity contribution >= 4 is 0 Å². The minimum atomic E-state index is -2.84. The first kappa shape index (κ1) is 21.6. The second-order valence-electron chi connectivity index (χ2n) is 10.8.